The highest BCUT2D eigenvalue weighted by molar-refractivity contribution is 7.89. The predicted molar refractivity (Wildman–Crippen MR) is 114 cm³/mol. The van der Waals surface area contributed by atoms with Crippen LogP contribution in [0.3, 0.4) is 0 Å². The van der Waals surface area contributed by atoms with E-state index in [-0.39, 0.29) is 22.6 Å². The molecule has 0 spiro atoms. The SMILES string of the molecule is Cc1c(C(=O)N[C@@H]2CCC[C@@H](C)[C@H]2C)oc2ccc(S(=O)(=O)N3CCOCC3)cc12. The summed E-state index contributed by atoms with van der Waals surface area (Å²) in [4.78, 5) is 13.2. The Morgan fingerprint density at radius 2 is 1.90 bits per heavy atom. The van der Waals surface area contributed by atoms with Gasteiger partial charge in [0.2, 0.25) is 10.0 Å². The molecule has 2 aliphatic rings. The maximum absolute atomic E-state index is 13.0. The van der Waals surface area contributed by atoms with Gasteiger partial charge in [0.05, 0.1) is 18.1 Å². The Bertz CT molecular complexity index is 1040. The molecule has 7 nitrogen and oxygen atoms in total. The molecule has 164 valence electrons. The predicted octanol–water partition coefficient (Wildman–Crippen LogP) is 3.32. The average molecular weight is 435 g/mol. The summed E-state index contributed by atoms with van der Waals surface area (Å²) in [7, 11) is -3.61. The molecule has 1 aliphatic carbocycles. The first-order chi connectivity index (χ1) is 14.3. The minimum Gasteiger partial charge on any atom is -0.451 e. The number of aryl methyl sites for hydroxylation is 1. The Hall–Kier alpha value is -1.90. The Labute approximate surface area is 177 Å². The summed E-state index contributed by atoms with van der Waals surface area (Å²) < 4.78 is 38.5. The Kier molecular flexibility index (Phi) is 5.92. The van der Waals surface area contributed by atoms with Crippen LogP contribution in [0.25, 0.3) is 11.0 Å². The maximum atomic E-state index is 13.0. The summed E-state index contributed by atoms with van der Waals surface area (Å²) in [5.74, 6) is 1.02. The molecule has 1 saturated carbocycles. The number of morpholine rings is 1. The molecule has 1 saturated heterocycles. The van der Waals surface area contributed by atoms with E-state index in [1.807, 2.05) is 0 Å². The largest absolute Gasteiger partial charge is 0.451 e. The number of nitrogens with zero attached hydrogens (tertiary/aromatic N) is 1. The molecule has 0 radical (unpaired) electrons. The van der Waals surface area contributed by atoms with E-state index >= 15 is 0 Å². The third-order valence-corrected chi connectivity index (χ3v) is 8.64. The molecular weight excluding hydrogens is 404 g/mol. The number of rotatable bonds is 4. The molecule has 2 fully saturated rings. The molecule has 1 N–H and O–H groups in total. The molecule has 1 amide bonds. The lowest BCUT2D eigenvalue weighted by Gasteiger charge is -2.34. The van der Waals surface area contributed by atoms with Crippen LogP contribution in [0.5, 0.6) is 0 Å². The third kappa shape index (κ3) is 3.88. The Morgan fingerprint density at radius 1 is 1.17 bits per heavy atom. The van der Waals surface area contributed by atoms with Crippen LogP contribution < -0.4 is 5.32 Å². The van der Waals surface area contributed by atoms with E-state index in [0.29, 0.717) is 54.7 Å². The molecule has 1 aliphatic heterocycles. The van der Waals surface area contributed by atoms with E-state index in [2.05, 4.69) is 19.2 Å². The zero-order valence-electron chi connectivity index (χ0n) is 17.8. The van der Waals surface area contributed by atoms with E-state index in [4.69, 9.17) is 9.15 Å². The van der Waals surface area contributed by atoms with Crippen LogP contribution in [0.15, 0.2) is 27.5 Å². The summed E-state index contributed by atoms with van der Waals surface area (Å²) >= 11 is 0. The van der Waals surface area contributed by atoms with E-state index in [1.54, 1.807) is 25.1 Å². The van der Waals surface area contributed by atoms with Crippen molar-refractivity contribution >= 4 is 26.9 Å². The fourth-order valence-electron chi connectivity index (χ4n) is 4.53. The lowest BCUT2D eigenvalue weighted by atomic mass is 9.78. The highest BCUT2D eigenvalue weighted by Crippen LogP contribution is 2.32. The van der Waals surface area contributed by atoms with Crippen molar-refractivity contribution in [1.29, 1.82) is 0 Å². The molecule has 0 bridgehead atoms. The van der Waals surface area contributed by atoms with Crippen LogP contribution >= 0.6 is 0 Å². The molecule has 8 heteroatoms. The molecule has 2 heterocycles. The van der Waals surface area contributed by atoms with Crippen molar-refractivity contribution < 1.29 is 22.4 Å². The van der Waals surface area contributed by atoms with Gasteiger partial charge in [-0.05, 0) is 43.4 Å². The van der Waals surface area contributed by atoms with Gasteiger partial charge in [0.1, 0.15) is 5.58 Å². The van der Waals surface area contributed by atoms with E-state index in [0.717, 1.165) is 12.8 Å². The smallest absolute Gasteiger partial charge is 0.287 e. The number of amides is 1. The Morgan fingerprint density at radius 3 is 2.63 bits per heavy atom. The van der Waals surface area contributed by atoms with E-state index in [9.17, 15) is 13.2 Å². The summed E-state index contributed by atoms with van der Waals surface area (Å²) in [6.07, 6.45) is 3.27. The first-order valence-corrected chi connectivity index (χ1v) is 12.1. The second-order valence-corrected chi connectivity index (χ2v) is 10.5. The van der Waals surface area contributed by atoms with Gasteiger partial charge in [0.25, 0.3) is 5.91 Å². The first kappa shape index (κ1) is 21.3. The zero-order chi connectivity index (χ0) is 21.5. The number of fused-ring (bicyclic) bond motifs is 1. The van der Waals surface area contributed by atoms with Gasteiger partial charge in [-0.25, -0.2) is 8.42 Å². The minimum atomic E-state index is -3.61. The van der Waals surface area contributed by atoms with Crippen molar-refractivity contribution in [2.24, 2.45) is 11.8 Å². The average Bonchev–Trinajstić information content (AvgIpc) is 3.08. The van der Waals surface area contributed by atoms with Gasteiger partial charge in [0.15, 0.2) is 5.76 Å². The van der Waals surface area contributed by atoms with Crippen LogP contribution in [-0.2, 0) is 14.8 Å². The van der Waals surface area contributed by atoms with Crippen molar-refractivity contribution in [3.05, 3.63) is 29.5 Å². The van der Waals surface area contributed by atoms with Crippen LogP contribution in [0, 0.1) is 18.8 Å². The number of nitrogens with one attached hydrogen (secondary N) is 1. The van der Waals surface area contributed by atoms with Crippen LogP contribution in [0.2, 0.25) is 0 Å². The number of furan rings is 1. The van der Waals surface area contributed by atoms with Gasteiger partial charge in [0, 0.05) is 30.1 Å². The lowest BCUT2D eigenvalue weighted by molar-refractivity contribution is 0.0730. The number of benzene rings is 1. The zero-order valence-corrected chi connectivity index (χ0v) is 18.6. The summed E-state index contributed by atoms with van der Waals surface area (Å²) in [6.45, 7) is 7.70. The topological polar surface area (TPSA) is 88.8 Å². The van der Waals surface area contributed by atoms with Crippen molar-refractivity contribution in [1.82, 2.24) is 9.62 Å². The molecule has 1 aromatic carbocycles. The maximum Gasteiger partial charge on any atom is 0.287 e. The molecule has 1 aromatic heterocycles. The molecule has 2 aromatic rings. The van der Waals surface area contributed by atoms with Crippen molar-refractivity contribution in [2.75, 3.05) is 26.3 Å². The number of sulfonamides is 1. The standard InChI is InChI=1S/C22H30N2O5S/c1-14-5-4-6-19(15(14)2)23-22(25)21-16(3)18-13-17(7-8-20(18)29-21)30(26,27)24-9-11-28-12-10-24/h7-8,13-15,19H,4-6,9-12H2,1-3H3,(H,23,25)/t14-,15-,19-/m1/s1. The fraction of sp³-hybridized carbons (Fsp3) is 0.591. The number of carbonyl (C=O) groups is 1. The van der Waals surface area contributed by atoms with Gasteiger partial charge < -0.3 is 14.5 Å². The highest BCUT2D eigenvalue weighted by atomic mass is 32.2. The van der Waals surface area contributed by atoms with E-state index in [1.165, 1.54) is 10.7 Å². The van der Waals surface area contributed by atoms with Gasteiger partial charge in [-0.15, -0.1) is 0 Å². The Balaban J connectivity index is 1.60. The summed E-state index contributed by atoms with van der Waals surface area (Å²) in [5.41, 5.74) is 1.18. The summed E-state index contributed by atoms with van der Waals surface area (Å²) in [6, 6.07) is 4.92. The van der Waals surface area contributed by atoms with Gasteiger partial charge in [-0.1, -0.05) is 26.7 Å². The molecule has 30 heavy (non-hydrogen) atoms. The van der Waals surface area contributed by atoms with Crippen molar-refractivity contribution in [2.45, 2.75) is 51.0 Å². The van der Waals surface area contributed by atoms with Crippen LogP contribution in [0.4, 0.5) is 0 Å². The summed E-state index contributed by atoms with van der Waals surface area (Å²) in [5, 5.41) is 3.79. The normalized spacial score (nSPS) is 26.0. The third-order valence-electron chi connectivity index (χ3n) is 6.75. The van der Waals surface area contributed by atoms with Crippen LogP contribution in [-0.4, -0.2) is 51.0 Å². The number of ether oxygens (including phenoxy) is 1. The number of carbonyl (C=O) groups excluding carboxylic acids is 1. The van der Waals surface area contributed by atoms with Crippen molar-refractivity contribution in [3.63, 3.8) is 0 Å². The molecule has 0 unspecified atom stereocenters. The van der Waals surface area contributed by atoms with Crippen LogP contribution in [0.1, 0.15) is 49.2 Å². The van der Waals surface area contributed by atoms with E-state index < -0.39 is 10.0 Å². The lowest BCUT2D eigenvalue weighted by Crippen LogP contribution is -2.43. The molecular formula is C22H30N2O5S. The molecule has 3 atom stereocenters. The number of hydrogen-bond acceptors (Lipinski definition) is 5. The monoisotopic (exact) mass is 434 g/mol. The van der Waals surface area contributed by atoms with Gasteiger partial charge in [-0.2, -0.15) is 4.31 Å². The van der Waals surface area contributed by atoms with Crippen molar-refractivity contribution in [3.8, 4) is 0 Å². The second kappa shape index (κ2) is 8.32. The van der Waals surface area contributed by atoms with Gasteiger partial charge in [-0.3, -0.25) is 4.79 Å². The fourth-order valence-corrected chi connectivity index (χ4v) is 5.97. The van der Waals surface area contributed by atoms with Gasteiger partial charge >= 0.3 is 0 Å². The highest BCUT2D eigenvalue weighted by Gasteiger charge is 2.31. The first-order valence-electron chi connectivity index (χ1n) is 10.7. The second-order valence-electron chi connectivity index (χ2n) is 8.58. The quantitative estimate of drug-likeness (QED) is 0.797. The number of hydrogen-bond donors (Lipinski definition) is 1. The molecule has 4 rings (SSSR count). The minimum absolute atomic E-state index is 0.131.